The first-order valence-corrected chi connectivity index (χ1v) is 7.62. The molecule has 2 rings (SSSR count). The first-order chi connectivity index (χ1) is 10.4. The van der Waals surface area contributed by atoms with Gasteiger partial charge in [-0.2, -0.15) is 5.10 Å². The predicted molar refractivity (Wildman–Crippen MR) is 89.5 cm³/mol. The van der Waals surface area contributed by atoms with Gasteiger partial charge < -0.3 is 15.2 Å². The van der Waals surface area contributed by atoms with Crippen molar-refractivity contribution in [3.63, 3.8) is 0 Å². The molecule has 5 heteroatoms. The van der Waals surface area contributed by atoms with Gasteiger partial charge in [-0.3, -0.25) is 5.10 Å². The molecule has 0 amide bonds. The third-order valence-electron chi connectivity index (χ3n) is 3.38. The molecule has 120 valence electrons. The molecule has 1 heterocycles. The molecule has 22 heavy (non-hydrogen) atoms. The summed E-state index contributed by atoms with van der Waals surface area (Å²) in [6, 6.07) is 5.85. The number of nitrogens with zero attached hydrogens (tertiary/aromatic N) is 1. The summed E-state index contributed by atoms with van der Waals surface area (Å²) in [6.07, 6.45) is 0. The lowest BCUT2D eigenvalue weighted by molar-refractivity contribution is 0.322. The van der Waals surface area contributed by atoms with Crippen LogP contribution in [0.3, 0.4) is 0 Å². The van der Waals surface area contributed by atoms with Crippen molar-refractivity contribution in [1.29, 1.82) is 0 Å². The molecular formula is C17H25N3O2. The van der Waals surface area contributed by atoms with Crippen molar-refractivity contribution < 1.29 is 9.47 Å². The number of nitrogens with two attached hydrogens (primary N) is 1. The summed E-state index contributed by atoms with van der Waals surface area (Å²) >= 11 is 0. The molecule has 0 fully saturated rings. The van der Waals surface area contributed by atoms with Gasteiger partial charge in [-0.1, -0.05) is 20.8 Å². The van der Waals surface area contributed by atoms with Gasteiger partial charge in [-0.15, -0.1) is 0 Å². The van der Waals surface area contributed by atoms with Crippen LogP contribution in [0.15, 0.2) is 18.2 Å². The maximum Gasteiger partial charge on any atom is 0.145 e. The minimum atomic E-state index is -0.0398. The molecule has 0 unspecified atom stereocenters. The molecule has 3 N–H and O–H groups in total. The fraction of sp³-hybridized carbons (Fsp3) is 0.471. The van der Waals surface area contributed by atoms with Crippen LogP contribution in [0.1, 0.15) is 40.2 Å². The summed E-state index contributed by atoms with van der Waals surface area (Å²) in [6.45, 7) is 11.6. The van der Waals surface area contributed by atoms with E-state index in [1.807, 2.05) is 19.9 Å². The molecule has 0 aliphatic heterocycles. The van der Waals surface area contributed by atoms with Crippen LogP contribution in [0.25, 0.3) is 11.3 Å². The van der Waals surface area contributed by atoms with E-state index in [-0.39, 0.29) is 5.41 Å². The van der Waals surface area contributed by atoms with Crippen LogP contribution in [0.2, 0.25) is 0 Å². The van der Waals surface area contributed by atoms with Gasteiger partial charge in [0.2, 0.25) is 0 Å². The van der Waals surface area contributed by atoms with Gasteiger partial charge in [0, 0.05) is 17.2 Å². The van der Waals surface area contributed by atoms with Crippen molar-refractivity contribution in [2.75, 3.05) is 18.9 Å². The number of ether oxygens (including phenoxy) is 2. The monoisotopic (exact) mass is 303 g/mol. The van der Waals surface area contributed by atoms with Crippen molar-refractivity contribution in [3.05, 3.63) is 23.8 Å². The highest BCUT2D eigenvalue weighted by molar-refractivity contribution is 5.72. The Kier molecular flexibility index (Phi) is 4.64. The zero-order valence-corrected chi connectivity index (χ0v) is 14.0. The zero-order chi connectivity index (χ0) is 16.3. The van der Waals surface area contributed by atoms with Crippen molar-refractivity contribution in [2.24, 2.45) is 0 Å². The Morgan fingerprint density at radius 3 is 2.18 bits per heavy atom. The van der Waals surface area contributed by atoms with Crippen LogP contribution in [-0.2, 0) is 5.41 Å². The summed E-state index contributed by atoms with van der Waals surface area (Å²) in [5, 5.41) is 6.93. The summed E-state index contributed by atoms with van der Waals surface area (Å²) in [5.41, 5.74) is 8.53. The molecule has 1 aromatic heterocycles. The highest BCUT2D eigenvalue weighted by Crippen LogP contribution is 2.40. The Bertz CT molecular complexity index is 642. The lowest BCUT2D eigenvalue weighted by Crippen LogP contribution is -2.14. The number of hydrogen-bond acceptors (Lipinski definition) is 4. The van der Waals surface area contributed by atoms with Gasteiger partial charge in [0.05, 0.1) is 18.9 Å². The molecule has 5 nitrogen and oxygen atoms in total. The predicted octanol–water partition coefficient (Wildman–Crippen LogP) is 3.75. The molecule has 0 radical (unpaired) electrons. The molecule has 1 aromatic carbocycles. The quantitative estimate of drug-likeness (QED) is 0.882. The van der Waals surface area contributed by atoms with Crippen molar-refractivity contribution in [1.82, 2.24) is 10.2 Å². The summed E-state index contributed by atoms with van der Waals surface area (Å²) in [4.78, 5) is 0. The number of hydrogen-bond donors (Lipinski definition) is 2. The highest BCUT2D eigenvalue weighted by atomic mass is 16.5. The second-order valence-corrected chi connectivity index (χ2v) is 6.17. The van der Waals surface area contributed by atoms with E-state index in [4.69, 9.17) is 15.2 Å². The van der Waals surface area contributed by atoms with E-state index in [0.29, 0.717) is 19.0 Å². The van der Waals surface area contributed by atoms with E-state index in [9.17, 15) is 0 Å². The average Bonchev–Trinajstić information content (AvgIpc) is 2.86. The number of aromatic nitrogens is 2. The molecular weight excluding hydrogens is 278 g/mol. The normalized spacial score (nSPS) is 11.5. The van der Waals surface area contributed by atoms with E-state index >= 15 is 0 Å². The third-order valence-corrected chi connectivity index (χ3v) is 3.38. The minimum Gasteiger partial charge on any atom is -0.494 e. The Morgan fingerprint density at radius 2 is 1.68 bits per heavy atom. The Morgan fingerprint density at radius 1 is 1.05 bits per heavy atom. The molecule has 0 spiro atoms. The minimum absolute atomic E-state index is 0.0398. The van der Waals surface area contributed by atoms with Crippen LogP contribution in [0.4, 0.5) is 5.82 Å². The number of aromatic amines is 1. The molecule has 0 saturated carbocycles. The van der Waals surface area contributed by atoms with Crippen LogP contribution >= 0.6 is 0 Å². The van der Waals surface area contributed by atoms with Crippen LogP contribution in [0, 0.1) is 0 Å². The summed E-state index contributed by atoms with van der Waals surface area (Å²) in [7, 11) is 0. The first kappa shape index (κ1) is 16.2. The van der Waals surface area contributed by atoms with Crippen molar-refractivity contribution >= 4 is 5.82 Å². The molecule has 0 aliphatic rings. The van der Waals surface area contributed by atoms with Gasteiger partial charge in [-0.25, -0.2) is 0 Å². The number of H-pyrrole nitrogens is 1. The van der Waals surface area contributed by atoms with Crippen LogP contribution in [0.5, 0.6) is 11.5 Å². The molecule has 0 saturated heterocycles. The first-order valence-electron chi connectivity index (χ1n) is 7.62. The topological polar surface area (TPSA) is 73.2 Å². The third kappa shape index (κ3) is 3.35. The van der Waals surface area contributed by atoms with Crippen molar-refractivity contribution in [2.45, 2.75) is 40.0 Å². The lowest BCUT2D eigenvalue weighted by Gasteiger charge is -2.24. The van der Waals surface area contributed by atoms with E-state index in [2.05, 4.69) is 37.0 Å². The Hall–Kier alpha value is -2.17. The molecule has 2 aromatic rings. The maximum absolute atomic E-state index is 5.84. The Balaban J connectivity index is 2.63. The van der Waals surface area contributed by atoms with E-state index in [1.54, 1.807) is 6.07 Å². The number of anilines is 1. The highest BCUT2D eigenvalue weighted by Gasteiger charge is 2.23. The van der Waals surface area contributed by atoms with Crippen LogP contribution < -0.4 is 15.2 Å². The van der Waals surface area contributed by atoms with Gasteiger partial charge in [0.1, 0.15) is 17.3 Å². The van der Waals surface area contributed by atoms with Crippen molar-refractivity contribution in [3.8, 4) is 22.8 Å². The number of nitrogen functional groups attached to an aromatic ring is 1. The second kappa shape index (κ2) is 6.30. The lowest BCUT2D eigenvalue weighted by atomic mass is 9.85. The van der Waals surface area contributed by atoms with E-state index in [1.165, 1.54) is 0 Å². The molecule has 0 bridgehead atoms. The largest absolute Gasteiger partial charge is 0.494 e. The average molecular weight is 303 g/mol. The number of benzene rings is 1. The summed E-state index contributed by atoms with van der Waals surface area (Å²) in [5.74, 6) is 2.12. The maximum atomic E-state index is 5.84. The van der Waals surface area contributed by atoms with Gasteiger partial charge in [0.15, 0.2) is 0 Å². The summed E-state index contributed by atoms with van der Waals surface area (Å²) < 4.78 is 11.7. The number of nitrogens with one attached hydrogen (secondary N) is 1. The SMILES string of the molecule is CCOc1cc(C(C)(C)C)c(OCC)cc1-c1cc(N)n[nH]1. The zero-order valence-electron chi connectivity index (χ0n) is 14.0. The van der Waals surface area contributed by atoms with E-state index < -0.39 is 0 Å². The standard InChI is InChI=1S/C17H25N3O2/c1-6-21-14-9-12(17(3,4)5)15(22-7-2)8-11(14)13-10-16(18)20-19-13/h8-10H,6-7H2,1-5H3,(H3,18,19,20). The molecule has 0 aliphatic carbocycles. The fourth-order valence-electron chi connectivity index (χ4n) is 2.38. The van der Waals surface area contributed by atoms with Crippen LogP contribution in [-0.4, -0.2) is 23.4 Å². The smallest absolute Gasteiger partial charge is 0.145 e. The van der Waals surface area contributed by atoms with Gasteiger partial charge in [-0.05, 0) is 31.4 Å². The van der Waals surface area contributed by atoms with Gasteiger partial charge in [0.25, 0.3) is 0 Å². The van der Waals surface area contributed by atoms with Gasteiger partial charge >= 0.3 is 0 Å². The second-order valence-electron chi connectivity index (χ2n) is 6.17. The van der Waals surface area contributed by atoms with E-state index in [0.717, 1.165) is 28.3 Å². The Labute approximate surface area is 131 Å². The molecule has 0 atom stereocenters. The number of rotatable bonds is 5. The fourth-order valence-corrected chi connectivity index (χ4v) is 2.38.